The molecule has 3 atom stereocenters. The molecular formula is C27H24ClNO7. The summed E-state index contributed by atoms with van der Waals surface area (Å²) in [5.41, 5.74) is 0.782. The lowest BCUT2D eigenvalue weighted by Gasteiger charge is -2.42. The van der Waals surface area contributed by atoms with Crippen LogP contribution >= 0.6 is 11.6 Å². The highest BCUT2D eigenvalue weighted by Crippen LogP contribution is 2.57. The van der Waals surface area contributed by atoms with Crippen LogP contribution in [-0.2, 0) is 11.2 Å². The van der Waals surface area contributed by atoms with Crippen LogP contribution in [0.3, 0.4) is 0 Å². The smallest absolute Gasteiger partial charge is 0.356 e. The molecular weight excluding hydrogens is 486 g/mol. The average Bonchev–Trinajstić information content (AvgIpc) is 3.21. The van der Waals surface area contributed by atoms with E-state index in [0.717, 1.165) is 5.56 Å². The van der Waals surface area contributed by atoms with E-state index in [4.69, 9.17) is 30.5 Å². The summed E-state index contributed by atoms with van der Waals surface area (Å²) >= 11 is 6.54. The molecule has 1 aromatic heterocycles. The number of fused-ring (bicyclic) bond motifs is 2. The molecule has 0 radical (unpaired) electrons. The SMILES string of the molecule is COC(=O)c1cc(-c2ccccc2)c2c(n1)C[C@@H](C)[C@]1(Oc3c(Cl)c(OC)cc(OC)c3C1=O)[C@@H]2O. The van der Waals surface area contributed by atoms with Gasteiger partial charge >= 0.3 is 5.97 Å². The number of benzene rings is 2. The van der Waals surface area contributed by atoms with Gasteiger partial charge in [-0.3, -0.25) is 4.79 Å². The van der Waals surface area contributed by atoms with E-state index >= 15 is 0 Å². The van der Waals surface area contributed by atoms with Gasteiger partial charge < -0.3 is 24.1 Å². The Hall–Kier alpha value is -3.62. The fraction of sp³-hybridized carbons (Fsp3) is 0.296. The average molecular weight is 510 g/mol. The van der Waals surface area contributed by atoms with Crippen LogP contribution < -0.4 is 14.2 Å². The Labute approximate surface area is 212 Å². The van der Waals surface area contributed by atoms with Crippen LogP contribution in [0.1, 0.15) is 45.1 Å². The van der Waals surface area contributed by atoms with Crippen LogP contribution in [-0.4, -0.2) is 48.8 Å². The first kappa shape index (κ1) is 24.1. The fourth-order valence-corrected chi connectivity index (χ4v) is 5.45. The number of esters is 1. The molecule has 2 aliphatic rings. The summed E-state index contributed by atoms with van der Waals surface area (Å²) in [6.07, 6.45) is -1.16. The van der Waals surface area contributed by atoms with Crippen LogP contribution in [0.5, 0.6) is 17.2 Å². The molecule has 1 aliphatic heterocycles. The van der Waals surface area contributed by atoms with Gasteiger partial charge in [0, 0.05) is 23.2 Å². The van der Waals surface area contributed by atoms with Gasteiger partial charge in [0.05, 0.1) is 21.3 Å². The van der Waals surface area contributed by atoms with Crippen LogP contribution in [0.2, 0.25) is 5.02 Å². The number of Topliss-reactive ketones (excluding diaryl/α,β-unsaturated/α-hetero) is 1. The van der Waals surface area contributed by atoms with Gasteiger partial charge in [-0.05, 0) is 23.6 Å². The second-order valence-electron chi connectivity index (χ2n) is 8.80. The highest BCUT2D eigenvalue weighted by atomic mass is 35.5. The van der Waals surface area contributed by atoms with Crippen molar-refractivity contribution in [3.05, 3.63) is 70.0 Å². The predicted molar refractivity (Wildman–Crippen MR) is 131 cm³/mol. The Morgan fingerprint density at radius 1 is 1.14 bits per heavy atom. The Bertz CT molecular complexity index is 1390. The Kier molecular flexibility index (Phi) is 5.89. The number of ketones is 1. The zero-order chi connectivity index (χ0) is 25.8. The summed E-state index contributed by atoms with van der Waals surface area (Å²) in [5, 5.41) is 12.0. The number of aliphatic hydroxyl groups is 1. The molecule has 1 spiro atoms. The summed E-state index contributed by atoms with van der Waals surface area (Å²) in [6, 6.07) is 12.3. The minimum atomic E-state index is -1.68. The highest BCUT2D eigenvalue weighted by molar-refractivity contribution is 6.35. The van der Waals surface area contributed by atoms with Gasteiger partial charge in [-0.1, -0.05) is 48.9 Å². The molecule has 5 rings (SSSR count). The summed E-state index contributed by atoms with van der Waals surface area (Å²) < 4.78 is 22.0. The molecule has 0 saturated heterocycles. The fourth-order valence-electron chi connectivity index (χ4n) is 5.18. The van der Waals surface area contributed by atoms with E-state index in [0.29, 0.717) is 16.8 Å². The molecule has 3 aromatic rings. The number of nitrogens with zero attached hydrogens (tertiary/aromatic N) is 1. The van der Waals surface area contributed by atoms with E-state index < -0.39 is 29.4 Å². The van der Waals surface area contributed by atoms with Crippen LogP contribution in [0.15, 0.2) is 42.5 Å². The van der Waals surface area contributed by atoms with Gasteiger partial charge in [0.15, 0.2) is 5.75 Å². The van der Waals surface area contributed by atoms with Gasteiger partial charge in [0.1, 0.15) is 33.9 Å². The van der Waals surface area contributed by atoms with Crippen molar-refractivity contribution < 1.29 is 33.6 Å². The number of rotatable bonds is 4. The molecule has 186 valence electrons. The van der Waals surface area contributed by atoms with E-state index in [1.165, 1.54) is 27.4 Å². The second-order valence-corrected chi connectivity index (χ2v) is 9.18. The monoisotopic (exact) mass is 509 g/mol. The van der Waals surface area contributed by atoms with Gasteiger partial charge in [-0.25, -0.2) is 9.78 Å². The lowest BCUT2D eigenvalue weighted by Crippen LogP contribution is -2.55. The number of pyridine rings is 1. The predicted octanol–water partition coefficient (Wildman–Crippen LogP) is 4.45. The van der Waals surface area contributed by atoms with Crippen molar-refractivity contribution in [3.63, 3.8) is 0 Å². The number of hydrogen-bond donors (Lipinski definition) is 1. The van der Waals surface area contributed by atoms with Crippen LogP contribution in [0, 0.1) is 5.92 Å². The summed E-state index contributed by atoms with van der Waals surface area (Å²) in [4.78, 5) is 31.0. The van der Waals surface area contributed by atoms with E-state index in [1.807, 2.05) is 30.3 Å². The van der Waals surface area contributed by atoms with Crippen molar-refractivity contribution in [2.75, 3.05) is 21.3 Å². The molecule has 0 fully saturated rings. The third-order valence-electron chi connectivity index (χ3n) is 6.97. The molecule has 0 bridgehead atoms. The lowest BCUT2D eigenvalue weighted by molar-refractivity contribution is -0.0639. The zero-order valence-electron chi connectivity index (χ0n) is 20.1. The second kappa shape index (κ2) is 8.80. The van der Waals surface area contributed by atoms with Gasteiger partial charge in [-0.2, -0.15) is 0 Å². The van der Waals surface area contributed by atoms with Crippen molar-refractivity contribution in [1.29, 1.82) is 0 Å². The Morgan fingerprint density at radius 2 is 1.83 bits per heavy atom. The van der Waals surface area contributed by atoms with E-state index in [9.17, 15) is 14.7 Å². The first-order chi connectivity index (χ1) is 17.3. The third kappa shape index (κ3) is 3.28. The van der Waals surface area contributed by atoms with Crippen molar-refractivity contribution >= 4 is 23.4 Å². The maximum Gasteiger partial charge on any atom is 0.356 e. The van der Waals surface area contributed by atoms with E-state index in [-0.39, 0.29) is 39.9 Å². The highest BCUT2D eigenvalue weighted by Gasteiger charge is 2.62. The van der Waals surface area contributed by atoms with Crippen molar-refractivity contribution in [1.82, 2.24) is 4.98 Å². The normalized spacial score (nSPS) is 22.0. The first-order valence-electron chi connectivity index (χ1n) is 11.3. The number of carbonyl (C=O) groups excluding carboxylic acids is 2. The minimum Gasteiger partial charge on any atom is -0.496 e. The van der Waals surface area contributed by atoms with E-state index in [2.05, 4.69) is 4.98 Å². The van der Waals surface area contributed by atoms with Crippen molar-refractivity contribution in [2.24, 2.45) is 5.92 Å². The maximum atomic E-state index is 14.0. The quantitative estimate of drug-likeness (QED) is 0.514. The molecule has 9 heteroatoms. The number of methoxy groups -OCH3 is 3. The Balaban J connectivity index is 1.74. The molecule has 0 saturated carbocycles. The largest absolute Gasteiger partial charge is 0.496 e. The summed E-state index contributed by atoms with van der Waals surface area (Å²) in [5.74, 6) is -0.948. The Morgan fingerprint density at radius 3 is 2.47 bits per heavy atom. The zero-order valence-corrected chi connectivity index (χ0v) is 20.9. The summed E-state index contributed by atoms with van der Waals surface area (Å²) in [7, 11) is 4.17. The molecule has 2 heterocycles. The molecule has 1 aliphatic carbocycles. The van der Waals surface area contributed by atoms with Crippen molar-refractivity contribution in [3.8, 4) is 28.4 Å². The first-order valence-corrected chi connectivity index (χ1v) is 11.7. The minimum absolute atomic E-state index is 0.104. The summed E-state index contributed by atoms with van der Waals surface area (Å²) in [6.45, 7) is 1.79. The molecule has 8 nitrogen and oxygen atoms in total. The standard InChI is InChI=1S/C27H24ClNO7/c1-13-10-16-20(15(14-8-6-5-7-9-14)11-17(29-16)26(32)35-4)24(30)27(13)25(31)21-18(33-2)12-19(34-3)22(28)23(21)36-27/h5-9,11-13,24,30H,10H2,1-4H3/t13-,24-,27+/m1/s1. The van der Waals surface area contributed by atoms with Gasteiger partial charge in [-0.15, -0.1) is 0 Å². The topological polar surface area (TPSA) is 104 Å². The molecule has 2 aromatic carbocycles. The van der Waals surface area contributed by atoms with Crippen molar-refractivity contribution in [2.45, 2.75) is 25.0 Å². The molecule has 0 amide bonds. The number of aromatic nitrogens is 1. The van der Waals surface area contributed by atoms with E-state index in [1.54, 1.807) is 13.0 Å². The molecule has 1 N–H and O–H groups in total. The van der Waals surface area contributed by atoms with Crippen LogP contribution in [0.4, 0.5) is 0 Å². The number of ether oxygens (including phenoxy) is 4. The number of carbonyl (C=O) groups is 2. The van der Waals surface area contributed by atoms with Gasteiger partial charge in [0.25, 0.3) is 0 Å². The number of hydrogen-bond acceptors (Lipinski definition) is 8. The van der Waals surface area contributed by atoms with Gasteiger partial charge in [0.2, 0.25) is 11.4 Å². The number of halogens is 1. The maximum absolute atomic E-state index is 14.0. The molecule has 0 unspecified atom stereocenters. The number of aliphatic hydroxyl groups excluding tert-OH is 1. The lowest BCUT2D eigenvalue weighted by atomic mass is 9.68. The molecule has 36 heavy (non-hydrogen) atoms. The third-order valence-corrected chi connectivity index (χ3v) is 7.33. The van der Waals surface area contributed by atoms with Crippen LogP contribution in [0.25, 0.3) is 11.1 Å².